The number of aryl methyl sites for hydroxylation is 1. The fourth-order valence-corrected chi connectivity index (χ4v) is 1.97. The summed E-state index contributed by atoms with van der Waals surface area (Å²) in [5, 5.41) is 4.18. The van der Waals surface area contributed by atoms with Crippen molar-refractivity contribution in [2.75, 3.05) is 6.54 Å². The van der Waals surface area contributed by atoms with Gasteiger partial charge in [-0.05, 0) is 32.0 Å². The van der Waals surface area contributed by atoms with Gasteiger partial charge in [0.2, 0.25) is 0 Å². The van der Waals surface area contributed by atoms with Crippen molar-refractivity contribution in [1.29, 1.82) is 0 Å². The maximum Gasteiger partial charge on any atom is 0.253 e. The fourth-order valence-electron chi connectivity index (χ4n) is 1.74. The molecule has 0 aliphatic heterocycles. The molecular weight excluding hydrogens is 236 g/mol. The summed E-state index contributed by atoms with van der Waals surface area (Å²) < 4.78 is 0. The number of fused-ring (bicyclic) bond motifs is 1. The molecule has 2 aromatic rings. The van der Waals surface area contributed by atoms with Crippen molar-refractivity contribution in [3.8, 4) is 0 Å². The molecule has 0 aliphatic rings. The molecule has 17 heavy (non-hydrogen) atoms. The third-order valence-corrected chi connectivity index (χ3v) is 2.91. The highest BCUT2D eigenvalue weighted by Crippen LogP contribution is 2.24. The second-order valence-corrected chi connectivity index (χ2v) is 4.19. The average Bonchev–Trinajstić information content (AvgIpc) is 2.29. The molecule has 0 bridgehead atoms. The lowest BCUT2D eigenvalue weighted by atomic mass is 10.1. The number of aromatic nitrogens is 1. The second-order valence-electron chi connectivity index (χ2n) is 3.79. The van der Waals surface area contributed by atoms with E-state index in [-0.39, 0.29) is 5.91 Å². The number of amides is 1. The molecule has 0 spiro atoms. The van der Waals surface area contributed by atoms with Crippen molar-refractivity contribution >= 4 is 28.4 Å². The number of rotatable bonds is 2. The van der Waals surface area contributed by atoms with Crippen molar-refractivity contribution in [3.63, 3.8) is 0 Å². The van der Waals surface area contributed by atoms with E-state index < -0.39 is 0 Å². The Kier molecular flexibility index (Phi) is 3.29. The first kappa shape index (κ1) is 11.9. The zero-order chi connectivity index (χ0) is 12.4. The van der Waals surface area contributed by atoms with Gasteiger partial charge in [0.1, 0.15) is 0 Å². The minimum absolute atomic E-state index is 0.112. The summed E-state index contributed by atoms with van der Waals surface area (Å²) >= 11 is 6.09. The molecule has 1 heterocycles. The Labute approximate surface area is 105 Å². The van der Waals surface area contributed by atoms with Crippen molar-refractivity contribution in [2.24, 2.45) is 0 Å². The molecule has 1 aromatic carbocycles. The molecule has 1 amide bonds. The minimum Gasteiger partial charge on any atom is -0.352 e. The summed E-state index contributed by atoms with van der Waals surface area (Å²) in [6.07, 6.45) is 0. The SMILES string of the molecule is CCNC(=O)c1cc2c(Cl)cccc2nc1C. The number of carbonyl (C=O) groups is 1. The number of hydrogen-bond donors (Lipinski definition) is 1. The van der Waals surface area contributed by atoms with E-state index in [2.05, 4.69) is 10.3 Å². The molecule has 1 N–H and O–H groups in total. The first-order valence-electron chi connectivity index (χ1n) is 5.47. The molecule has 88 valence electrons. The predicted octanol–water partition coefficient (Wildman–Crippen LogP) is 2.95. The van der Waals surface area contributed by atoms with Crippen molar-refractivity contribution < 1.29 is 4.79 Å². The van der Waals surface area contributed by atoms with Crippen LogP contribution < -0.4 is 5.32 Å². The highest BCUT2D eigenvalue weighted by Gasteiger charge is 2.11. The predicted molar refractivity (Wildman–Crippen MR) is 69.5 cm³/mol. The van der Waals surface area contributed by atoms with Crippen LogP contribution in [0.25, 0.3) is 10.9 Å². The molecule has 4 heteroatoms. The standard InChI is InChI=1S/C13H13ClN2O/c1-3-15-13(17)9-7-10-11(14)5-4-6-12(10)16-8(9)2/h4-7H,3H2,1-2H3,(H,15,17). The van der Waals surface area contributed by atoms with Gasteiger partial charge in [-0.3, -0.25) is 9.78 Å². The van der Waals surface area contributed by atoms with Gasteiger partial charge in [0.25, 0.3) is 5.91 Å². The number of hydrogen-bond acceptors (Lipinski definition) is 2. The lowest BCUT2D eigenvalue weighted by molar-refractivity contribution is 0.0955. The summed E-state index contributed by atoms with van der Waals surface area (Å²) in [4.78, 5) is 16.2. The van der Waals surface area contributed by atoms with Crippen LogP contribution in [0, 0.1) is 6.92 Å². The van der Waals surface area contributed by atoms with Gasteiger partial charge in [0.15, 0.2) is 0 Å². The Bertz CT molecular complexity index is 581. The summed E-state index contributed by atoms with van der Waals surface area (Å²) in [6.45, 7) is 4.30. The Balaban J connectivity index is 2.61. The molecule has 2 rings (SSSR count). The van der Waals surface area contributed by atoms with E-state index in [1.807, 2.05) is 26.0 Å². The quantitative estimate of drug-likeness (QED) is 0.888. The van der Waals surface area contributed by atoms with Crippen LogP contribution in [-0.2, 0) is 0 Å². The maximum absolute atomic E-state index is 11.8. The fraction of sp³-hybridized carbons (Fsp3) is 0.231. The number of carbonyl (C=O) groups excluding carboxylic acids is 1. The van der Waals surface area contributed by atoms with Crippen LogP contribution in [0.1, 0.15) is 23.0 Å². The van der Waals surface area contributed by atoms with Crippen LogP contribution in [0.2, 0.25) is 5.02 Å². The monoisotopic (exact) mass is 248 g/mol. The minimum atomic E-state index is -0.112. The van der Waals surface area contributed by atoms with Gasteiger partial charge >= 0.3 is 0 Å². The van der Waals surface area contributed by atoms with Gasteiger partial charge < -0.3 is 5.32 Å². The molecule has 0 saturated carbocycles. The van der Waals surface area contributed by atoms with E-state index in [4.69, 9.17) is 11.6 Å². The summed E-state index contributed by atoms with van der Waals surface area (Å²) in [7, 11) is 0. The van der Waals surface area contributed by atoms with Crippen LogP contribution in [0.15, 0.2) is 24.3 Å². The van der Waals surface area contributed by atoms with Crippen LogP contribution in [0.3, 0.4) is 0 Å². The number of nitrogens with zero attached hydrogens (tertiary/aromatic N) is 1. The normalized spacial score (nSPS) is 10.5. The molecule has 1 aromatic heterocycles. The number of pyridine rings is 1. The van der Waals surface area contributed by atoms with E-state index in [1.165, 1.54) is 0 Å². The second kappa shape index (κ2) is 4.72. The molecule has 0 saturated heterocycles. The molecule has 3 nitrogen and oxygen atoms in total. The third-order valence-electron chi connectivity index (χ3n) is 2.58. The molecule has 0 unspecified atom stereocenters. The number of nitrogens with one attached hydrogen (secondary N) is 1. The van der Waals surface area contributed by atoms with Crippen molar-refractivity contribution in [3.05, 3.63) is 40.5 Å². The zero-order valence-corrected chi connectivity index (χ0v) is 10.5. The Morgan fingerprint density at radius 1 is 1.47 bits per heavy atom. The molecule has 0 fully saturated rings. The van der Waals surface area contributed by atoms with Crippen LogP contribution >= 0.6 is 11.6 Å². The lowest BCUT2D eigenvalue weighted by Crippen LogP contribution is -2.23. The Morgan fingerprint density at radius 3 is 2.94 bits per heavy atom. The zero-order valence-electron chi connectivity index (χ0n) is 9.75. The first-order valence-corrected chi connectivity index (χ1v) is 5.85. The first-order chi connectivity index (χ1) is 8.13. The highest BCUT2D eigenvalue weighted by atomic mass is 35.5. The molecule has 0 radical (unpaired) electrons. The van der Waals surface area contributed by atoms with E-state index in [1.54, 1.807) is 12.1 Å². The number of benzene rings is 1. The van der Waals surface area contributed by atoms with E-state index in [0.29, 0.717) is 22.8 Å². The van der Waals surface area contributed by atoms with Gasteiger partial charge in [0.05, 0.1) is 16.8 Å². The van der Waals surface area contributed by atoms with Gasteiger partial charge in [-0.15, -0.1) is 0 Å². The lowest BCUT2D eigenvalue weighted by Gasteiger charge is -2.08. The van der Waals surface area contributed by atoms with Crippen LogP contribution in [-0.4, -0.2) is 17.4 Å². The average molecular weight is 249 g/mol. The summed E-state index contributed by atoms with van der Waals surface area (Å²) in [6, 6.07) is 7.33. The number of halogens is 1. The Hall–Kier alpha value is -1.61. The van der Waals surface area contributed by atoms with Gasteiger partial charge in [-0.2, -0.15) is 0 Å². The topological polar surface area (TPSA) is 42.0 Å². The van der Waals surface area contributed by atoms with E-state index in [0.717, 1.165) is 10.9 Å². The summed E-state index contributed by atoms with van der Waals surface area (Å²) in [5.41, 5.74) is 2.10. The maximum atomic E-state index is 11.8. The van der Waals surface area contributed by atoms with Crippen molar-refractivity contribution in [1.82, 2.24) is 10.3 Å². The largest absolute Gasteiger partial charge is 0.352 e. The smallest absolute Gasteiger partial charge is 0.253 e. The van der Waals surface area contributed by atoms with Crippen LogP contribution in [0.4, 0.5) is 0 Å². The van der Waals surface area contributed by atoms with Gasteiger partial charge in [-0.1, -0.05) is 17.7 Å². The molecule has 0 aliphatic carbocycles. The third kappa shape index (κ3) is 2.24. The van der Waals surface area contributed by atoms with Crippen molar-refractivity contribution in [2.45, 2.75) is 13.8 Å². The van der Waals surface area contributed by atoms with Gasteiger partial charge in [-0.25, -0.2) is 0 Å². The molecule has 0 atom stereocenters. The van der Waals surface area contributed by atoms with Gasteiger partial charge in [0, 0.05) is 17.0 Å². The van der Waals surface area contributed by atoms with E-state index >= 15 is 0 Å². The summed E-state index contributed by atoms with van der Waals surface area (Å²) in [5.74, 6) is -0.112. The van der Waals surface area contributed by atoms with Crippen LogP contribution in [0.5, 0.6) is 0 Å². The molecular formula is C13H13ClN2O. The highest BCUT2D eigenvalue weighted by molar-refractivity contribution is 6.35. The Morgan fingerprint density at radius 2 is 2.24 bits per heavy atom. The van der Waals surface area contributed by atoms with E-state index in [9.17, 15) is 4.79 Å².